The van der Waals surface area contributed by atoms with Gasteiger partial charge in [-0.2, -0.15) is 0 Å². The van der Waals surface area contributed by atoms with Crippen LogP contribution in [-0.4, -0.2) is 24.8 Å². The van der Waals surface area contributed by atoms with E-state index in [1.807, 2.05) is 30.3 Å². The standard InChI is InChI=1S/C18H17NO3/c1-13-18(21)19(10-9-14-5-3-2-4-6-14)16-11-15(12-20)7-8-17(16)22-13/h2-8,11-13H,9-10H2,1H3. The van der Waals surface area contributed by atoms with E-state index in [-0.39, 0.29) is 5.91 Å². The topological polar surface area (TPSA) is 46.6 Å². The number of hydrogen-bond acceptors (Lipinski definition) is 3. The minimum atomic E-state index is -0.509. The van der Waals surface area contributed by atoms with Gasteiger partial charge in [-0.25, -0.2) is 0 Å². The molecule has 2 aromatic rings. The minimum Gasteiger partial charge on any atom is -0.479 e. The van der Waals surface area contributed by atoms with Gasteiger partial charge in [0.25, 0.3) is 5.91 Å². The lowest BCUT2D eigenvalue weighted by atomic mass is 10.1. The highest BCUT2D eigenvalue weighted by Gasteiger charge is 2.31. The maximum Gasteiger partial charge on any atom is 0.267 e. The molecule has 2 aromatic carbocycles. The first-order chi connectivity index (χ1) is 10.7. The highest BCUT2D eigenvalue weighted by atomic mass is 16.5. The first kappa shape index (κ1) is 14.3. The summed E-state index contributed by atoms with van der Waals surface area (Å²) in [7, 11) is 0. The molecule has 0 aromatic heterocycles. The lowest BCUT2D eigenvalue weighted by Crippen LogP contribution is -2.45. The zero-order chi connectivity index (χ0) is 15.5. The predicted molar refractivity (Wildman–Crippen MR) is 84.4 cm³/mol. The van der Waals surface area contributed by atoms with Crippen LogP contribution in [0.5, 0.6) is 5.75 Å². The molecule has 3 rings (SSSR count). The molecular weight excluding hydrogens is 278 g/mol. The van der Waals surface area contributed by atoms with Gasteiger partial charge in [0.15, 0.2) is 6.10 Å². The average molecular weight is 295 g/mol. The number of aldehydes is 1. The fourth-order valence-electron chi connectivity index (χ4n) is 2.61. The number of benzene rings is 2. The molecule has 0 fully saturated rings. The number of anilines is 1. The third kappa shape index (κ3) is 2.72. The fraction of sp³-hybridized carbons (Fsp3) is 0.222. The molecule has 0 radical (unpaired) electrons. The first-order valence-corrected chi connectivity index (χ1v) is 7.30. The quantitative estimate of drug-likeness (QED) is 0.815. The summed E-state index contributed by atoms with van der Waals surface area (Å²) in [6, 6.07) is 15.2. The molecule has 4 heteroatoms. The third-order valence-corrected chi connectivity index (χ3v) is 3.79. The molecule has 0 aliphatic carbocycles. The summed E-state index contributed by atoms with van der Waals surface area (Å²) in [6.45, 7) is 2.31. The average Bonchev–Trinajstić information content (AvgIpc) is 2.56. The molecule has 0 saturated carbocycles. The summed E-state index contributed by atoms with van der Waals surface area (Å²) in [4.78, 5) is 25.1. The zero-order valence-electron chi connectivity index (χ0n) is 12.4. The molecule has 1 unspecified atom stereocenters. The monoisotopic (exact) mass is 295 g/mol. The first-order valence-electron chi connectivity index (χ1n) is 7.30. The van der Waals surface area contributed by atoms with Crippen molar-refractivity contribution in [2.45, 2.75) is 19.4 Å². The van der Waals surface area contributed by atoms with E-state index < -0.39 is 6.10 Å². The molecule has 1 amide bonds. The maximum absolute atomic E-state index is 12.4. The third-order valence-electron chi connectivity index (χ3n) is 3.79. The molecule has 22 heavy (non-hydrogen) atoms. The van der Waals surface area contributed by atoms with Crippen molar-refractivity contribution in [3.05, 3.63) is 59.7 Å². The Morgan fingerprint density at radius 2 is 1.95 bits per heavy atom. The highest BCUT2D eigenvalue weighted by molar-refractivity contribution is 6.00. The van der Waals surface area contributed by atoms with Crippen molar-refractivity contribution in [2.24, 2.45) is 0 Å². The van der Waals surface area contributed by atoms with Crippen molar-refractivity contribution in [1.29, 1.82) is 0 Å². The number of nitrogens with zero attached hydrogens (tertiary/aromatic N) is 1. The Labute approximate surface area is 129 Å². The zero-order valence-corrected chi connectivity index (χ0v) is 12.4. The number of amides is 1. The van der Waals surface area contributed by atoms with Crippen molar-refractivity contribution >= 4 is 17.9 Å². The number of ether oxygens (including phenoxy) is 1. The Bertz CT molecular complexity index is 697. The number of carbonyl (C=O) groups is 2. The Hall–Kier alpha value is -2.62. The van der Waals surface area contributed by atoms with Crippen LogP contribution in [0, 0.1) is 0 Å². The number of rotatable bonds is 4. The van der Waals surface area contributed by atoms with Gasteiger partial charge in [0.1, 0.15) is 12.0 Å². The number of carbonyl (C=O) groups excluding carboxylic acids is 2. The van der Waals surface area contributed by atoms with Gasteiger partial charge in [-0.1, -0.05) is 30.3 Å². The molecule has 1 aliphatic rings. The van der Waals surface area contributed by atoms with Crippen LogP contribution in [0.3, 0.4) is 0 Å². The highest BCUT2D eigenvalue weighted by Crippen LogP contribution is 2.34. The normalized spacial score (nSPS) is 16.9. The maximum atomic E-state index is 12.4. The summed E-state index contributed by atoms with van der Waals surface area (Å²) in [5.41, 5.74) is 2.38. The van der Waals surface area contributed by atoms with Gasteiger partial charge in [-0.3, -0.25) is 9.59 Å². The molecule has 1 aliphatic heterocycles. The second-order valence-corrected chi connectivity index (χ2v) is 5.33. The molecule has 0 saturated heterocycles. The second-order valence-electron chi connectivity index (χ2n) is 5.33. The van der Waals surface area contributed by atoms with Gasteiger partial charge >= 0.3 is 0 Å². The molecule has 4 nitrogen and oxygen atoms in total. The summed E-state index contributed by atoms with van der Waals surface area (Å²) < 4.78 is 5.62. The van der Waals surface area contributed by atoms with Gasteiger partial charge in [0.05, 0.1) is 5.69 Å². The van der Waals surface area contributed by atoms with Gasteiger partial charge in [0, 0.05) is 12.1 Å². The predicted octanol–water partition coefficient (Wildman–Crippen LogP) is 2.86. The number of hydrogen-bond donors (Lipinski definition) is 0. The molecule has 112 valence electrons. The van der Waals surface area contributed by atoms with Crippen LogP contribution in [-0.2, 0) is 11.2 Å². The van der Waals surface area contributed by atoms with Crippen molar-refractivity contribution in [3.63, 3.8) is 0 Å². The Morgan fingerprint density at radius 1 is 1.18 bits per heavy atom. The van der Waals surface area contributed by atoms with Crippen molar-refractivity contribution in [3.8, 4) is 5.75 Å². The van der Waals surface area contributed by atoms with E-state index in [1.165, 1.54) is 5.56 Å². The van der Waals surface area contributed by atoms with Crippen molar-refractivity contribution < 1.29 is 14.3 Å². The van der Waals surface area contributed by atoms with E-state index in [1.54, 1.807) is 30.0 Å². The van der Waals surface area contributed by atoms with E-state index in [2.05, 4.69) is 0 Å². The molecule has 0 bridgehead atoms. The SMILES string of the molecule is CC1Oc2ccc(C=O)cc2N(CCc2ccccc2)C1=O. The van der Waals surface area contributed by atoms with Crippen LogP contribution in [0.25, 0.3) is 0 Å². The molecule has 1 atom stereocenters. The summed E-state index contributed by atoms with van der Waals surface area (Å²) >= 11 is 0. The minimum absolute atomic E-state index is 0.0773. The second kappa shape index (κ2) is 6.02. The molecular formula is C18H17NO3. The van der Waals surface area contributed by atoms with Crippen molar-refractivity contribution in [2.75, 3.05) is 11.4 Å². The van der Waals surface area contributed by atoms with E-state index in [9.17, 15) is 9.59 Å². The largest absolute Gasteiger partial charge is 0.479 e. The molecule has 0 spiro atoms. The van der Waals surface area contributed by atoms with Gasteiger partial charge in [0.2, 0.25) is 0 Å². The van der Waals surface area contributed by atoms with Gasteiger partial charge in [-0.15, -0.1) is 0 Å². The van der Waals surface area contributed by atoms with E-state index in [0.717, 1.165) is 12.7 Å². The Balaban J connectivity index is 1.88. The Kier molecular flexibility index (Phi) is 3.92. The molecule has 0 N–H and O–H groups in total. The van der Waals surface area contributed by atoms with Crippen LogP contribution >= 0.6 is 0 Å². The summed E-state index contributed by atoms with van der Waals surface area (Å²) in [5.74, 6) is 0.567. The number of fused-ring (bicyclic) bond motifs is 1. The van der Waals surface area contributed by atoms with Crippen LogP contribution in [0.2, 0.25) is 0 Å². The smallest absolute Gasteiger partial charge is 0.267 e. The van der Waals surface area contributed by atoms with Crippen LogP contribution in [0.4, 0.5) is 5.69 Å². The van der Waals surface area contributed by atoms with E-state index in [4.69, 9.17) is 4.74 Å². The summed E-state index contributed by atoms with van der Waals surface area (Å²) in [6.07, 6.45) is 1.02. The fourth-order valence-corrected chi connectivity index (χ4v) is 2.61. The lowest BCUT2D eigenvalue weighted by Gasteiger charge is -2.33. The van der Waals surface area contributed by atoms with Gasteiger partial charge < -0.3 is 9.64 Å². The Morgan fingerprint density at radius 3 is 2.68 bits per heavy atom. The van der Waals surface area contributed by atoms with Crippen LogP contribution in [0.15, 0.2) is 48.5 Å². The van der Waals surface area contributed by atoms with E-state index in [0.29, 0.717) is 23.5 Å². The lowest BCUT2D eigenvalue weighted by molar-refractivity contribution is -0.125. The van der Waals surface area contributed by atoms with E-state index >= 15 is 0 Å². The summed E-state index contributed by atoms with van der Waals surface area (Å²) in [5, 5.41) is 0. The van der Waals surface area contributed by atoms with Gasteiger partial charge in [-0.05, 0) is 37.1 Å². The molecule has 1 heterocycles. The van der Waals surface area contributed by atoms with Crippen LogP contribution < -0.4 is 9.64 Å². The van der Waals surface area contributed by atoms with Crippen LogP contribution in [0.1, 0.15) is 22.8 Å². The van der Waals surface area contributed by atoms with Crippen molar-refractivity contribution in [1.82, 2.24) is 0 Å².